The van der Waals surface area contributed by atoms with E-state index in [4.69, 9.17) is 0 Å². The van der Waals surface area contributed by atoms with Crippen molar-refractivity contribution in [2.45, 2.75) is 46.1 Å². The van der Waals surface area contributed by atoms with E-state index in [-0.39, 0.29) is 6.04 Å². The summed E-state index contributed by atoms with van der Waals surface area (Å²) in [6, 6.07) is 0.265. The lowest BCUT2D eigenvalue weighted by Gasteiger charge is -2.37. The quantitative estimate of drug-likeness (QED) is 0.634. The third-order valence-corrected chi connectivity index (χ3v) is 4.26. The van der Waals surface area contributed by atoms with E-state index in [1.165, 1.54) is 11.1 Å². The molecule has 0 saturated carbocycles. The Bertz CT molecular complexity index is 640. The van der Waals surface area contributed by atoms with Crippen molar-refractivity contribution in [2.75, 3.05) is 5.32 Å². The van der Waals surface area contributed by atoms with Crippen LogP contribution in [0.1, 0.15) is 44.5 Å². The minimum atomic E-state index is 0.265. The molecular weight excluding hydrogens is 282 g/mol. The normalized spacial score (nSPS) is 25.2. The van der Waals surface area contributed by atoms with Crippen LogP contribution in [0.4, 0.5) is 5.82 Å². The Morgan fingerprint density at radius 2 is 2.17 bits per heavy atom. The Morgan fingerprint density at radius 1 is 1.39 bits per heavy atom. The molecule has 122 valence electrons. The van der Waals surface area contributed by atoms with Crippen LogP contribution in [0.15, 0.2) is 54.8 Å². The molecule has 0 bridgehead atoms. The SMILES string of the molecule is C=C/C=C(\C=C/C)C1Nc2nc(C)ncc2C2C=CCC12.CC. The van der Waals surface area contributed by atoms with Gasteiger partial charge in [0, 0.05) is 17.7 Å². The molecule has 0 aromatic carbocycles. The van der Waals surface area contributed by atoms with Crippen LogP contribution in [-0.4, -0.2) is 16.0 Å². The maximum absolute atomic E-state index is 4.59. The van der Waals surface area contributed by atoms with E-state index in [2.05, 4.69) is 52.2 Å². The summed E-state index contributed by atoms with van der Waals surface area (Å²) in [5, 5.41) is 3.62. The molecule has 0 amide bonds. The molecule has 0 saturated heterocycles. The van der Waals surface area contributed by atoms with Crippen molar-refractivity contribution in [3.05, 3.63) is 66.2 Å². The number of nitrogens with one attached hydrogen (secondary N) is 1. The first kappa shape index (κ1) is 17.2. The highest BCUT2D eigenvalue weighted by atomic mass is 15.1. The number of aromatic nitrogens is 2. The minimum absolute atomic E-state index is 0.265. The van der Waals surface area contributed by atoms with Crippen LogP contribution in [0.5, 0.6) is 0 Å². The number of allylic oxidation sites excluding steroid dienone is 5. The molecule has 2 heterocycles. The molecule has 2 aliphatic rings. The zero-order chi connectivity index (χ0) is 16.8. The first-order valence-corrected chi connectivity index (χ1v) is 8.46. The van der Waals surface area contributed by atoms with E-state index in [1.807, 2.05) is 40.0 Å². The van der Waals surface area contributed by atoms with Gasteiger partial charge in [-0.2, -0.15) is 0 Å². The van der Waals surface area contributed by atoms with Gasteiger partial charge in [-0.3, -0.25) is 0 Å². The molecule has 3 nitrogen and oxygen atoms in total. The van der Waals surface area contributed by atoms with Crippen molar-refractivity contribution in [3.8, 4) is 0 Å². The fourth-order valence-corrected chi connectivity index (χ4v) is 3.36. The van der Waals surface area contributed by atoms with Gasteiger partial charge in [0.05, 0.1) is 6.04 Å². The van der Waals surface area contributed by atoms with Crippen LogP contribution in [-0.2, 0) is 0 Å². The van der Waals surface area contributed by atoms with Crippen LogP contribution in [0, 0.1) is 12.8 Å². The second kappa shape index (κ2) is 7.91. The number of nitrogens with zero attached hydrogens (tertiary/aromatic N) is 2. The van der Waals surface area contributed by atoms with Crippen molar-refractivity contribution >= 4 is 5.82 Å². The third kappa shape index (κ3) is 3.44. The molecule has 1 aliphatic carbocycles. The van der Waals surface area contributed by atoms with E-state index in [1.54, 1.807) is 0 Å². The van der Waals surface area contributed by atoms with Gasteiger partial charge in [-0.15, -0.1) is 0 Å². The van der Waals surface area contributed by atoms with Crippen molar-refractivity contribution in [1.29, 1.82) is 0 Å². The third-order valence-electron chi connectivity index (χ3n) is 4.26. The number of hydrogen-bond acceptors (Lipinski definition) is 3. The summed E-state index contributed by atoms with van der Waals surface area (Å²) in [6.07, 6.45) is 15.8. The van der Waals surface area contributed by atoms with E-state index >= 15 is 0 Å². The number of rotatable bonds is 3. The summed E-state index contributed by atoms with van der Waals surface area (Å²) in [7, 11) is 0. The van der Waals surface area contributed by atoms with Crippen molar-refractivity contribution < 1.29 is 0 Å². The van der Waals surface area contributed by atoms with Crippen LogP contribution in [0.25, 0.3) is 0 Å². The Balaban J connectivity index is 0.000000924. The van der Waals surface area contributed by atoms with Gasteiger partial charge in [-0.25, -0.2) is 9.97 Å². The summed E-state index contributed by atoms with van der Waals surface area (Å²) in [5.74, 6) is 2.71. The molecule has 1 aliphatic heterocycles. The van der Waals surface area contributed by atoms with Crippen LogP contribution >= 0.6 is 0 Å². The fraction of sp³-hybridized carbons (Fsp3) is 0.400. The van der Waals surface area contributed by atoms with Crippen LogP contribution in [0.3, 0.4) is 0 Å². The predicted molar refractivity (Wildman–Crippen MR) is 98.6 cm³/mol. The van der Waals surface area contributed by atoms with Gasteiger partial charge in [-0.1, -0.05) is 56.9 Å². The molecule has 3 rings (SSSR count). The fourth-order valence-electron chi connectivity index (χ4n) is 3.36. The largest absolute Gasteiger partial charge is 0.363 e. The Hall–Kier alpha value is -2.16. The van der Waals surface area contributed by atoms with Crippen molar-refractivity contribution in [1.82, 2.24) is 9.97 Å². The molecule has 1 N–H and O–H groups in total. The molecule has 0 fully saturated rings. The lowest BCUT2D eigenvalue weighted by molar-refractivity contribution is 0.450. The molecule has 1 aromatic heterocycles. The first-order valence-electron chi connectivity index (χ1n) is 8.46. The topological polar surface area (TPSA) is 37.8 Å². The van der Waals surface area contributed by atoms with E-state index in [0.29, 0.717) is 11.8 Å². The smallest absolute Gasteiger partial charge is 0.133 e. The lowest BCUT2D eigenvalue weighted by atomic mass is 9.78. The first-order chi connectivity index (χ1) is 11.2. The molecule has 23 heavy (non-hydrogen) atoms. The average Bonchev–Trinajstić information content (AvgIpc) is 3.05. The van der Waals surface area contributed by atoms with Crippen LogP contribution in [0.2, 0.25) is 0 Å². The molecule has 0 spiro atoms. The maximum Gasteiger partial charge on any atom is 0.133 e. The Labute approximate surface area is 139 Å². The number of fused-ring (bicyclic) bond motifs is 3. The molecule has 1 aromatic rings. The van der Waals surface area contributed by atoms with E-state index in [0.717, 1.165) is 18.1 Å². The summed E-state index contributed by atoms with van der Waals surface area (Å²) < 4.78 is 0. The van der Waals surface area contributed by atoms with Gasteiger partial charge in [0.1, 0.15) is 11.6 Å². The molecule has 3 heteroatoms. The van der Waals surface area contributed by atoms with Gasteiger partial charge in [0.2, 0.25) is 0 Å². The summed E-state index contributed by atoms with van der Waals surface area (Å²) in [6.45, 7) is 11.8. The predicted octanol–water partition coefficient (Wildman–Crippen LogP) is 4.95. The van der Waals surface area contributed by atoms with Crippen molar-refractivity contribution in [2.24, 2.45) is 5.92 Å². The second-order valence-electron chi connectivity index (χ2n) is 5.60. The number of anilines is 1. The molecule has 3 atom stereocenters. The number of hydrogen-bond donors (Lipinski definition) is 1. The van der Waals surface area contributed by atoms with Crippen LogP contribution < -0.4 is 5.32 Å². The zero-order valence-electron chi connectivity index (χ0n) is 14.6. The Kier molecular flexibility index (Phi) is 5.91. The van der Waals surface area contributed by atoms with E-state index in [9.17, 15) is 0 Å². The lowest BCUT2D eigenvalue weighted by Crippen LogP contribution is -2.37. The average molecular weight is 309 g/mol. The second-order valence-corrected chi connectivity index (χ2v) is 5.60. The standard InChI is InChI=1S/C18H21N3.C2H6/c1-4-7-13(8-5-2)17-15-10-6-9-14(15)16-11-19-12(3)20-18(16)21-17;1-2/h4-9,11,14-15,17H,1,10H2,2-3H3,(H,19,20,21);1-2H3/b8-5-,13-7+;. The number of aryl methyl sites for hydroxylation is 1. The molecular formula is C20H27N3. The van der Waals surface area contributed by atoms with Gasteiger partial charge < -0.3 is 5.32 Å². The minimum Gasteiger partial charge on any atom is -0.363 e. The highest BCUT2D eigenvalue weighted by Crippen LogP contribution is 2.45. The summed E-state index contributed by atoms with van der Waals surface area (Å²) >= 11 is 0. The van der Waals surface area contributed by atoms with Gasteiger partial charge >= 0.3 is 0 Å². The molecule has 3 unspecified atom stereocenters. The Morgan fingerprint density at radius 3 is 2.87 bits per heavy atom. The van der Waals surface area contributed by atoms with Gasteiger partial charge in [-0.05, 0) is 31.8 Å². The van der Waals surface area contributed by atoms with Gasteiger partial charge in [0.25, 0.3) is 0 Å². The monoisotopic (exact) mass is 309 g/mol. The molecule has 0 radical (unpaired) electrons. The van der Waals surface area contributed by atoms with Gasteiger partial charge in [0.15, 0.2) is 0 Å². The van der Waals surface area contributed by atoms with Crippen molar-refractivity contribution in [3.63, 3.8) is 0 Å². The highest BCUT2D eigenvalue weighted by molar-refractivity contribution is 5.56. The van der Waals surface area contributed by atoms with E-state index < -0.39 is 0 Å². The highest BCUT2D eigenvalue weighted by Gasteiger charge is 2.38. The maximum atomic E-state index is 4.59. The summed E-state index contributed by atoms with van der Waals surface area (Å²) in [5.41, 5.74) is 2.47. The summed E-state index contributed by atoms with van der Waals surface area (Å²) in [4.78, 5) is 8.96. The zero-order valence-corrected chi connectivity index (χ0v) is 14.6.